The predicted octanol–water partition coefficient (Wildman–Crippen LogP) is 0.869. The Kier molecular flexibility index (Phi) is 5.77. The molecule has 16 heavy (non-hydrogen) atoms. The van der Waals surface area contributed by atoms with Crippen molar-refractivity contribution in [1.82, 2.24) is 10.2 Å². The standard InChI is InChI=1S/C12H24N2O2/c1-4-16-12(15)10(2)9-13-7-8-14(3)11-5-6-11/h10-11,13H,4-9H2,1-3H3. The Morgan fingerprint density at radius 1 is 1.56 bits per heavy atom. The lowest BCUT2D eigenvalue weighted by Crippen LogP contribution is -2.34. The van der Waals surface area contributed by atoms with Gasteiger partial charge in [-0.05, 0) is 26.8 Å². The molecule has 4 nitrogen and oxygen atoms in total. The maximum Gasteiger partial charge on any atom is 0.309 e. The minimum absolute atomic E-state index is 0.0498. The van der Waals surface area contributed by atoms with Crippen LogP contribution in [0.5, 0.6) is 0 Å². The Labute approximate surface area is 98.3 Å². The van der Waals surface area contributed by atoms with Crippen LogP contribution >= 0.6 is 0 Å². The van der Waals surface area contributed by atoms with E-state index in [2.05, 4.69) is 17.3 Å². The highest BCUT2D eigenvalue weighted by atomic mass is 16.5. The summed E-state index contributed by atoms with van der Waals surface area (Å²) in [6.45, 7) is 6.90. The van der Waals surface area contributed by atoms with Crippen molar-refractivity contribution in [2.75, 3.05) is 33.3 Å². The van der Waals surface area contributed by atoms with E-state index in [1.165, 1.54) is 12.8 Å². The first-order chi connectivity index (χ1) is 7.65. The number of nitrogens with one attached hydrogen (secondary N) is 1. The van der Waals surface area contributed by atoms with Crippen molar-refractivity contribution in [3.63, 3.8) is 0 Å². The molecule has 0 aromatic rings. The number of hydrogen-bond donors (Lipinski definition) is 1. The van der Waals surface area contributed by atoms with E-state index in [1.807, 2.05) is 13.8 Å². The number of esters is 1. The van der Waals surface area contributed by atoms with Gasteiger partial charge in [-0.3, -0.25) is 4.79 Å². The number of hydrogen-bond acceptors (Lipinski definition) is 4. The fourth-order valence-electron chi connectivity index (χ4n) is 1.64. The maximum atomic E-state index is 11.3. The summed E-state index contributed by atoms with van der Waals surface area (Å²) in [6.07, 6.45) is 2.69. The third-order valence-corrected chi connectivity index (χ3v) is 2.95. The molecular formula is C12H24N2O2. The van der Waals surface area contributed by atoms with Crippen molar-refractivity contribution >= 4 is 5.97 Å². The van der Waals surface area contributed by atoms with Crippen molar-refractivity contribution in [2.24, 2.45) is 5.92 Å². The van der Waals surface area contributed by atoms with Gasteiger partial charge in [-0.15, -0.1) is 0 Å². The van der Waals surface area contributed by atoms with E-state index in [9.17, 15) is 4.79 Å². The molecule has 0 bridgehead atoms. The van der Waals surface area contributed by atoms with Gasteiger partial charge in [0.25, 0.3) is 0 Å². The van der Waals surface area contributed by atoms with Crippen LogP contribution in [0.25, 0.3) is 0 Å². The molecule has 0 aromatic heterocycles. The molecule has 1 aliphatic rings. The summed E-state index contributed by atoms with van der Waals surface area (Å²) in [6, 6.07) is 0.810. The Morgan fingerprint density at radius 3 is 2.81 bits per heavy atom. The molecule has 0 spiro atoms. The molecule has 0 radical (unpaired) electrons. The van der Waals surface area contributed by atoms with Crippen LogP contribution in [0.15, 0.2) is 0 Å². The molecule has 1 aliphatic carbocycles. The van der Waals surface area contributed by atoms with E-state index in [4.69, 9.17) is 4.74 Å². The second-order valence-corrected chi connectivity index (χ2v) is 4.57. The number of carbonyl (C=O) groups excluding carboxylic acids is 1. The van der Waals surface area contributed by atoms with Gasteiger partial charge in [-0.25, -0.2) is 0 Å². The lowest BCUT2D eigenvalue weighted by Gasteiger charge is -2.17. The lowest BCUT2D eigenvalue weighted by atomic mass is 10.2. The summed E-state index contributed by atoms with van der Waals surface area (Å²) in [4.78, 5) is 13.7. The average Bonchev–Trinajstić information content (AvgIpc) is 3.07. The van der Waals surface area contributed by atoms with Crippen LogP contribution in [0.2, 0.25) is 0 Å². The Balaban J connectivity index is 1.98. The van der Waals surface area contributed by atoms with Crippen molar-refractivity contribution in [3.05, 3.63) is 0 Å². The number of rotatable bonds is 8. The second kappa shape index (κ2) is 6.86. The first kappa shape index (κ1) is 13.5. The summed E-state index contributed by atoms with van der Waals surface area (Å²) < 4.78 is 4.94. The molecule has 1 saturated carbocycles. The molecule has 1 unspecified atom stereocenters. The minimum atomic E-state index is -0.106. The summed E-state index contributed by atoms with van der Waals surface area (Å²) in [7, 11) is 2.16. The third kappa shape index (κ3) is 4.94. The van der Waals surface area contributed by atoms with Gasteiger partial charge in [0, 0.05) is 25.7 Å². The van der Waals surface area contributed by atoms with Gasteiger partial charge in [-0.1, -0.05) is 6.92 Å². The quantitative estimate of drug-likeness (QED) is 0.494. The van der Waals surface area contributed by atoms with Gasteiger partial charge >= 0.3 is 5.97 Å². The largest absolute Gasteiger partial charge is 0.466 e. The maximum absolute atomic E-state index is 11.3. The zero-order valence-corrected chi connectivity index (χ0v) is 10.7. The van der Waals surface area contributed by atoms with Crippen molar-refractivity contribution in [1.29, 1.82) is 0 Å². The summed E-state index contributed by atoms with van der Waals surface area (Å²) >= 11 is 0. The zero-order valence-electron chi connectivity index (χ0n) is 10.7. The van der Waals surface area contributed by atoms with E-state index < -0.39 is 0 Å². The Bertz CT molecular complexity index is 217. The van der Waals surface area contributed by atoms with Crippen LogP contribution in [0, 0.1) is 5.92 Å². The van der Waals surface area contributed by atoms with Gasteiger partial charge < -0.3 is 15.0 Å². The Hall–Kier alpha value is -0.610. The van der Waals surface area contributed by atoms with Crippen molar-refractivity contribution in [2.45, 2.75) is 32.7 Å². The molecule has 1 atom stereocenters. The van der Waals surface area contributed by atoms with E-state index in [-0.39, 0.29) is 11.9 Å². The van der Waals surface area contributed by atoms with Crippen LogP contribution in [-0.2, 0) is 9.53 Å². The molecule has 1 fully saturated rings. The van der Waals surface area contributed by atoms with E-state index in [0.29, 0.717) is 13.2 Å². The van der Waals surface area contributed by atoms with Crippen molar-refractivity contribution < 1.29 is 9.53 Å². The molecule has 1 rings (SSSR count). The monoisotopic (exact) mass is 228 g/mol. The van der Waals surface area contributed by atoms with E-state index in [1.54, 1.807) is 0 Å². The number of nitrogens with zero attached hydrogens (tertiary/aromatic N) is 1. The van der Waals surface area contributed by atoms with E-state index >= 15 is 0 Å². The molecule has 0 aromatic carbocycles. The molecular weight excluding hydrogens is 204 g/mol. The highest BCUT2D eigenvalue weighted by Gasteiger charge is 2.25. The number of carbonyl (C=O) groups is 1. The number of likely N-dealkylation sites (N-methyl/N-ethyl adjacent to an activating group) is 1. The normalized spacial score (nSPS) is 17.5. The fourth-order valence-corrected chi connectivity index (χ4v) is 1.64. The summed E-state index contributed by atoms with van der Waals surface area (Å²) in [5, 5.41) is 3.30. The van der Waals surface area contributed by atoms with E-state index in [0.717, 1.165) is 19.1 Å². The lowest BCUT2D eigenvalue weighted by molar-refractivity contribution is -0.147. The Morgan fingerprint density at radius 2 is 2.25 bits per heavy atom. The molecule has 1 N–H and O–H groups in total. The van der Waals surface area contributed by atoms with Gasteiger partial charge in [0.05, 0.1) is 12.5 Å². The molecule has 0 saturated heterocycles. The molecule has 0 amide bonds. The van der Waals surface area contributed by atoms with Crippen LogP contribution in [-0.4, -0.2) is 50.2 Å². The first-order valence-electron chi connectivity index (χ1n) is 6.22. The van der Waals surface area contributed by atoms with Gasteiger partial charge in [-0.2, -0.15) is 0 Å². The molecule has 0 heterocycles. The topological polar surface area (TPSA) is 41.6 Å². The highest BCUT2D eigenvalue weighted by molar-refractivity contribution is 5.72. The fraction of sp³-hybridized carbons (Fsp3) is 0.917. The summed E-state index contributed by atoms with van der Waals surface area (Å²) in [5.41, 5.74) is 0. The smallest absolute Gasteiger partial charge is 0.309 e. The van der Waals surface area contributed by atoms with Gasteiger partial charge in [0.2, 0.25) is 0 Å². The van der Waals surface area contributed by atoms with Gasteiger partial charge in [0.15, 0.2) is 0 Å². The predicted molar refractivity (Wildman–Crippen MR) is 64.3 cm³/mol. The van der Waals surface area contributed by atoms with Crippen LogP contribution < -0.4 is 5.32 Å². The average molecular weight is 228 g/mol. The molecule has 0 aliphatic heterocycles. The molecule has 4 heteroatoms. The van der Waals surface area contributed by atoms with Gasteiger partial charge in [0.1, 0.15) is 0 Å². The zero-order chi connectivity index (χ0) is 12.0. The third-order valence-electron chi connectivity index (χ3n) is 2.95. The van der Waals surface area contributed by atoms with Crippen LogP contribution in [0.4, 0.5) is 0 Å². The highest BCUT2D eigenvalue weighted by Crippen LogP contribution is 2.24. The van der Waals surface area contributed by atoms with Crippen LogP contribution in [0.1, 0.15) is 26.7 Å². The number of ether oxygens (including phenoxy) is 1. The summed E-state index contributed by atoms with van der Waals surface area (Å²) in [5.74, 6) is -0.156. The molecule has 94 valence electrons. The SMILES string of the molecule is CCOC(=O)C(C)CNCCN(C)C1CC1. The van der Waals surface area contributed by atoms with Crippen LogP contribution in [0.3, 0.4) is 0 Å². The second-order valence-electron chi connectivity index (χ2n) is 4.57. The minimum Gasteiger partial charge on any atom is -0.466 e. The first-order valence-corrected chi connectivity index (χ1v) is 6.22. The van der Waals surface area contributed by atoms with Crippen molar-refractivity contribution in [3.8, 4) is 0 Å².